The first kappa shape index (κ1) is 23.3. The summed E-state index contributed by atoms with van der Waals surface area (Å²) in [6, 6.07) is 1.91. The van der Waals surface area contributed by atoms with E-state index in [4.69, 9.17) is 16.3 Å². The monoisotopic (exact) mass is 488 g/mol. The molecule has 1 aromatic carbocycles. The van der Waals surface area contributed by atoms with Crippen molar-refractivity contribution in [2.45, 2.75) is 39.2 Å². The van der Waals surface area contributed by atoms with Crippen molar-refractivity contribution in [2.24, 2.45) is 0 Å². The average Bonchev–Trinajstić information content (AvgIpc) is 3.33. The van der Waals surface area contributed by atoms with Crippen LogP contribution in [-0.2, 0) is 24.0 Å². The number of benzene rings is 1. The standard InChI is InChI=1S/C20H21ClF4N6O2/c1-3-29-10-13(8-26-29)11-30-18(21)27-31(19(30)32)16-7-14(28-4-5-33-12(2)9-28)6-15(17(16)22)20(23,24)25/h6-8,10,12H,3-5,9,11H2,1-2H3/t12-/m1/s1. The van der Waals surface area contributed by atoms with Gasteiger partial charge in [0.25, 0.3) is 0 Å². The summed E-state index contributed by atoms with van der Waals surface area (Å²) >= 11 is 6.11. The molecule has 3 aromatic rings. The van der Waals surface area contributed by atoms with Gasteiger partial charge in [-0.15, -0.1) is 5.10 Å². The van der Waals surface area contributed by atoms with Crippen molar-refractivity contribution < 1.29 is 22.3 Å². The zero-order valence-electron chi connectivity index (χ0n) is 17.8. The van der Waals surface area contributed by atoms with E-state index >= 15 is 4.39 Å². The second-order valence-electron chi connectivity index (χ2n) is 7.71. The molecule has 0 aliphatic carbocycles. The van der Waals surface area contributed by atoms with Gasteiger partial charge >= 0.3 is 11.9 Å². The molecule has 1 aliphatic heterocycles. The first-order valence-corrected chi connectivity index (χ1v) is 10.6. The lowest BCUT2D eigenvalue weighted by Crippen LogP contribution is -2.41. The zero-order chi connectivity index (χ0) is 23.9. The first-order valence-electron chi connectivity index (χ1n) is 10.2. The number of ether oxygens (including phenoxy) is 1. The zero-order valence-corrected chi connectivity index (χ0v) is 18.6. The van der Waals surface area contributed by atoms with E-state index in [9.17, 15) is 18.0 Å². The summed E-state index contributed by atoms with van der Waals surface area (Å²) in [5.74, 6) is -1.60. The van der Waals surface area contributed by atoms with E-state index in [-0.39, 0.29) is 23.6 Å². The molecule has 13 heteroatoms. The van der Waals surface area contributed by atoms with Crippen LogP contribution in [0.1, 0.15) is 25.0 Å². The van der Waals surface area contributed by atoms with Crippen LogP contribution in [0.25, 0.3) is 5.69 Å². The number of halogens is 5. The summed E-state index contributed by atoms with van der Waals surface area (Å²) in [5, 5.41) is 7.66. The fourth-order valence-electron chi connectivity index (χ4n) is 3.70. The van der Waals surface area contributed by atoms with E-state index in [0.29, 0.717) is 36.5 Å². The van der Waals surface area contributed by atoms with Gasteiger partial charge in [0, 0.05) is 37.1 Å². The Morgan fingerprint density at radius 3 is 2.70 bits per heavy atom. The molecule has 178 valence electrons. The van der Waals surface area contributed by atoms with Gasteiger partial charge in [0.1, 0.15) is 5.69 Å². The van der Waals surface area contributed by atoms with Crippen LogP contribution in [0.15, 0.2) is 29.3 Å². The van der Waals surface area contributed by atoms with E-state index in [2.05, 4.69) is 10.2 Å². The molecule has 8 nitrogen and oxygen atoms in total. The van der Waals surface area contributed by atoms with Crippen LogP contribution in [0.5, 0.6) is 0 Å². The number of hydrogen-bond acceptors (Lipinski definition) is 5. The SMILES string of the molecule is CCn1cc(Cn2c(Cl)nn(-c3cc(N4CCO[C@H](C)C4)cc(C(F)(F)F)c3F)c2=O)cn1. The van der Waals surface area contributed by atoms with Crippen molar-refractivity contribution in [1.29, 1.82) is 0 Å². The average molecular weight is 489 g/mol. The molecule has 33 heavy (non-hydrogen) atoms. The minimum Gasteiger partial charge on any atom is -0.375 e. The molecule has 2 aromatic heterocycles. The third-order valence-electron chi connectivity index (χ3n) is 5.35. The Balaban J connectivity index is 1.81. The normalized spacial score (nSPS) is 17.1. The maximum Gasteiger partial charge on any atom is 0.419 e. The van der Waals surface area contributed by atoms with Crippen LogP contribution < -0.4 is 10.6 Å². The smallest absolute Gasteiger partial charge is 0.375 e. The van der Waals surface area contributed by atoms with Gasteiger partial charge in [0.05, 0.1) is 31.0 Å². The molecule has 1 fully saturated rings. The van der Waals surface area contributed by atoms with E-state index in [1.807, 2.05) is 6.92 Å². The minimum atomic E-state index is -4.97. The Hall–Kier alpha value is -2.86. The van der Waals surface area contributed by atoms with Crippen LogP contribution in [0.4, 0.5) is 23.2 Å². The fraction of sp³-hybridized carbons (Fsp3) is 0.450. The van der Waals surface area contributed by atoms with Gasteiger partial charge in [0.15, 0.2) is 5.82 Å². The van der Waals surface area contributed by atoms with Crippen molar-refractivity contribution in [3.8, 4) is 5.69 Å². The number of hydrogen-bond donors (Lipinski definition) is 0. The molecule has 0 amide bonds. The highest BCUT2D eigenvalue weighted by atomic mass is 35.5. The molecule has 0 radical (unpaired) electrons. The van der Waals surface area contributed by atoms with Crippen molar-refractivity contribution >= 4 is 17.3 Å². The van der Waals surface area contributed by atoms with Crippen molar-refractivity contribution in [3.05, 3.63) is 57.2 Å². The van der Waals surface area contributed by atoms with Crippen LogP contribution in [0.3, 0.4) is 0 Å². The van der Waals surface area contributed by atoms with Crippen molar-refractivity contribution in [3.63, 3.8) is 0 Å². The van der Waals surface area contributed by atoms with Crippen LogP contribution in [0.2, 0.25) is 5.28 Å². The number of rotatable bonds is 5. The fourth-order valence-corrected chi connectivity index (χ4v) is 3.90. The molecular weight excluding hydrogens is 468 g/mol. The Morgan fingerprint density at radius 1 is 1.30 bits per heavy atom. The predicted molar refractivity (Wildman–Crippen MR) is 112 cm³/mol. The van der Waals surface area contributed by atoms with Crippen LogP contribution in [-0.4, -0.2) is 49.9 Å². The van der Waals surface area contributed by atoms with Crippen LogP contribution >= 0.6 is 11.6 Å². The second-order valence-corrected chi connectivity index (χ2v) is 8.04. The Morgan fingerprint density at radius 2 is 2.06 bits per heavy atom. The number of anilines is 1. The molecule has 0 spiro atoms. The Kier molecular flexibility index (Phi) is 6.23. The van der Waals surface area contributed by atoms with E-state index < -0.39 is 28.9 Å². The molecule has 0 unspecified atom stereocenters. The van der Waals surface area contributed by atoms with Gasteiger partial charge in [0.2, 0.25) is 5.28 Å². The van der Waals surface area contributed by atoms with Gasteiger partial charge < -0.3 is 9.64 Å². The van der Waals surface area contributed by atoms with E-state index in [1.165, 1.54) is 12.3 Å². The highest BCUT2D eigenvalue weighted by Gasteiger charge is 2.37. The highest BCUT2D eigenvalue weighted by molar-refractivity contribution is 6.28. The summed E-state index contributed by atoms with van der Waals surface area (Å²) < 4.78 is 64.7. The molecule has 1 saturated heterocycles. The second kappa shape index (κ2) is 8.82. The molecule has 0 saturated carbocycles. The molecule has 1 atom stereocenters. The third kappa shape index (κ3) is 4.62. The van der Waals surface area contributed by atoms with Crippen LogP contribution in [0, 0.1) is 5.82 Å². The van der Waals surface area contributed by atoms with Gasteiger partial charge in [-0.3, -0.25) is 9.25 Å². The van der Waals surface area contributed by atoms with Gasteiger partial charge in [-0.2, -0.15) is 23.0 Å². The Bertz CT molecular complexity index is 1220. The molecule has 3 heterocycles. The minimum absolute atomic E-state index is 0.0217. The lowest BCUT2D eigenvalue weighted by atomic mass is 10.1. The van der Waals surface area contributed by atoms with Gasteiger partial charge in [-0.1, -0.05) is 0 Å². The number of morpholine rings is 1. The highest BCUT2D eigenvalue weighted by Crippen LogP contribution is 2.37. The summed E-state index contributed by atoms with van der Waals surface area (Å²) in [6.45, 7) is 5.20. The third-order valence-corrected chi connectivity index (χ3v) is 5.63. The van der Waals surface area contributed by atoms with Crippen molar-refractivity contribution in [2.75, 3.05) is 24.6 Å². The number of nitrogens with zero attached hydrogens (tertiary/aromatic N) is 6. The molecular formula is C20H21ClF4N6O2. The Labute approximate surface area is 190 Å². The maximum atomic E-state index is 15.0. The van der Waals surface area contributed by atoms with Gasteiger partial charge in [-0.25, -0.2) is 9.18 Å². The molecule has 0 N–H and O–H groups in total. The van der Waals surface area contributed by atoms with E-state index in [1.54, 1.807) is 22.7 Å². The topological polar surface area (TPSA) is 70.1 Å². The molecule has 0 bridgehead atoms. The molecule has 4 rings (SSSR count). The quantitative estimate of drug-likeness (QED) is 0.515. The lowest BCUT2D eigenvalue weighted by Gasteiger charge is -2.33. The number of alkyl halides is 3. The first-order chi connectivity index (χ1) is 15.6. The number of aryl methyl sites for hydroxylation is 1. The predicted octanol–water partition coefficient (Wildman–Crippen LogP) is 3.34. The summed E-state index contributed by atoms with van der Waals surface area (Å²) in [4.78, 5) is 14.6. The number of aromatic nitrogens is 5. The largest absolute Gasteiger partial charge is 0.419 e. The van der Waals surface area contributed by atoms with E-state index in [0.717, 1.165) is 10.6 Å². The van der Waals surface area contributed by atoms with Crippen molar-refractivity contribution in [1.82, 2.24) is 24.1 Å². The maximum absolute atomic E-state index is 15.0. The summed E-state index contributed by atoms with van der Waals surface area (Å²) in [6.07, 6.45) is -1.96. The van der Waals surface area contributed by atoms with Gasteiger partial charge in [-0.05, 0) is 37.6 Å². The summed E-state index contributed by atoms with van der Waals surface area (Å²) in [7, 11) is 0. The lowest BCUT2D eigenvalue weighted by molar-refractivity contribution is -0.139. The molecule has 1 aliphatic rings. The summed E-state index contributed by atoms with van der Waals surface area (Å²) in [5.41, 5.74) is -2.25.